The summed E-state index contributed by atoms with van der Waals surface area (Å²) in [7, 11) is -6.01. The van der Waals surface area contributed by atoms with Crippen LogP contribution in [0.15, 0.2) is 33.6 Å². The Hall–Kier alpha value is -0.116. The summed E-state index contributed by atoms with van der Waals surface area (Å²) in [5, 5.41) is 0. The molecule has 2 atom stereocenters. The molecule has 1 fully saturated rings. The smallest absolute Gasteiger partial charge is 0.243 e. The second-order valence-corrected chi connectivity index (χ2v) is 25.0. The van der Waals surface area contributed by atoms with E-state index in [1.807, 2.05) is 0 Å². The third-order valence-electron chi connectivity index (χ3n) is 5.36. The fraction of sp³-hybridized carbons (Fsp3) is 0.727. The molecule has 0 radical (unpaired) electrons. The maximum Gasteiger partial charge on any atom is 0.243 e. The molecule has 190 valence electrons. The Morgan fingerprint density at radius 3 is 1.67 bits per heavy atom. The summed E-state index contributed by atoms with van der Waals surface area (Å²) in [6, 6.07) is 8.75. The minimum Gasteiger partial charge on any atom is -0.356 e. The number of rotatable bonds is 14. The van der Waals surface area contributed by atoms with E-state index in [4.69, 9.17) is 18.9 Å². The quantitative estimate of drug-likeness (QED) is 0.178. The van der Waals surface area contributed by atoms with Gasteiger partial charge < -0.3 is 18.9 Å². The highest BCUT2D eigenvalue weighted by Crippen LogP contribution is 2.26. The SMILES string of the molecule is C[Si](C)(C)CCOCOC1CN(S(=O)(=O)c2ccc(Br)cc2)CC1OCOCC[Si](C)(C)C. The van der Waals surface area contributed by atoms with Gasteiger partial charge in [-0.2, -0.15) is 4.31 Å². The summed E-state index contributed by atoms with van der Waals surface area (Å²) in [4.78, 5) is 0.253. The molecule has 1 aliphatic rings. The molecule has 0 saturated carbocycles. The molecule has 0 spiro atoms. The third-order valence-corrected chi connectivity index (χ3v) is 11.1. The summed E-state index contributed by atoms with van der Waals surface area (Å²) in [6.07, 6.45) is -0.828. The minimum atomic E-state index is -3.65. The highest BCUT2D eigenvalue weighted by atomic mass is 79.9. The standard InChI is InChI=1S/C22H40BrNO6SSi2/c1-32(2,3)13-11-27-17-29-21-15-24(31(25,26)20-9-7-19(23)8-10-20)16-22(21)30-18-28-12-14-33(4,5)6/h7-10,21-22H,11-18H2,1-6H3. The Labute approximate surface area is 210 Å². The lowest BCUT2D eigenvalue weighted by molar-refractivity contribution is -0.149. The number of hydrogen-bond donors (Lipinski definition) is 0. The van der Waals surface area contributed by atoms with E-state index in [0.717, 1.165) is 16.6 Å². The van der Waals surface area contributed by atoms with E-state index in [0.29, 0.717) is 13.2 Å². The first-order chi connectivity index (χ1) is 15.3. The van der Waals surface area contributed by atoms with Gasteiger partial charge in [-0.3, -0.25) is 0 Å². The molecule has 7 nitrogen and oxygen atoms in total. The third kappa shape index (κ3) is 10.6. The molecule has 0 amide bonds. The van der Waals surface area contributed by atoms with Crippen molar-refractivity contribution in [1.82, 2.24) is 4.31 Å². The van der Waals surface area contributed by atoms with Gasteiger partial charge in [0, 0.05) is 46.9 Å². The predicted molar refractivity (Wildman–Crippen MR) is 141 cm³/mol. The van der Waals surface area contributed by atoms with Gasteiger partial charge >= 0.3 is 0 Å². The van der Waals surface area contributed by atoms with Gasteiger partial charge in [0.2, 0.25) is 10.0 Å². The van der Waals surface area contributed by atoms with Crippen molar-refractivity contribution in [3.63, 3.8) is 0 Å². The molecule has 0 N–H and O–H groups in total. The number of hydrogen-bond acceptors (Lipinski definition) is 6. The zero-order chi connectivity index (χ0) is 24.7. The van der Waals surface area contributed by atoms with Gasteiger partial charge in [0.1, 0.15) is 25.8 Å². The van der Waals surface area contributed by atoms with Gasteiger partial charge in [0.25, 0.3) is 0 Å². The maximum atomic E-state index is 13.2. The Morgan fingerprint density at radius 1 is 0.848 bits per heavy atom. The number of ether oxygens (including phenoxy) is 4. The molecule has 33 heavy (non-hydrogen) atoms. The molecule has 0 aliphatic carbocycles. The summed E-state index contributed by atoms with van der Waals surface area (Å²) >= 11 is 3.35. The minimum absolute atomic E-state index is 0.123. The van der Waals surface area contributed by atoms with Crippen LogP contribution in [0.4, 0.5) is 0 Å². The lowest BCUT2D eigenvalue weighted by Crippen LogP contribution is -2.32. The molecule has 1 aromatic carbocycles. The van der Waals surface area contributed by atoms with Crippen LogP contribution >= 0.6 is 15.9 Å². The van der Waals surface area contributed by atoms with Crippen LogP contribution < -0.4 is 0 Å². The van der Waals surface area contributed by atoms with Crippen LogP contribution in [0.3, 0.4) is 0 Å². The molecular weight excluding hydrogens is 542 g/mol. The van der Waals surface area contributed by atoms with Crippen molar-refractivity contribution in [2.45, 2.75) is 68.5 Å². The fourth-order valence-electron chi connectivity index (χ4n) is 3.13. The molecule has 1 aliphatic heterocycles. The Morgan fingerprint density at radius 2 is 1.27 bits per heavy atom. The lowest BCUT2D eigenvalue weighted by atomic mass is 10.2. The van der Waals surface area contributed by atoms with Crippen molar-refractivity contribution < 1.29 is 27.4 Å². The largest absolute Gasteiger partial charge is 0.356 e. The summed E-state index contributed by atoms with van der Waals surface area (Å²) < 4.78 is 51.8. The lowest BCUT2D eigenvalue weighted by Gasteiger charge is -2.21. The molecule has 0 aromatic heterocycles. The molecule has 0 bridgehead atoms. The van der Waals surface area contributed by atoms with E-state index in [-0.39, 0.29) is 31.6 Å². The fourth-order valence-corrected chi connectivity index (χ4v) is 6.37. The van der Waals surface area contributed by atoms with E-state index in [9.17, 15) is 8.42 Å². The van der Waals surface area contributed by atoms with Crippen molar-refractivity contribution in [2.75, 3.05) is 39.9 Å². The van der Waals surface area contributed by atoms with Crippen molar-refractivity contribution in [3.05, 3.63) is 28.7 Å². The van der Waals surface area contributed by atoms with Crippen LogP contribution in [0.25, 0.3) is 0 Å². The Bertz CT molecular complexity index is 795. The zero-order valence-corrected chi connectivity index (χ0v) is 25.2. The number of benzene rings is 1. The first-order valence-electron chi connectivity index (χ1n) is 11.4. The highest BCUT2D eigenvalue weighted by Gasteiger charge is 2.41. The van der Waals surface area contributed by atoms with E-state index < -0.39 is 38.4 Å². The van der Waals surface area contributed by atoms with E-state index in [2.05, 4.69) is 55.2 Å². The average Bonchev–Trinajstić information content (AvgIpc) is 3.10. The molecule has 1 heterocycles. The van der Waals surface area contributed by atoms with Crippen LogP contribution in [0.5, 0.6) is 0 Å². The summed E-state index contributed by atoms with van der Waals surface area (Å²) in [5.74, 6) is 0. The van der Waals surface area contributed by atoms with Gasteiger partial charge in [-0.15, -0.1) is 0 Å². The van der Waals surface area contributed by atoms with Gasteiger partial charge in [0.15, 0.2) is 0 Å². The monoisotopic (exact) mass is 581 g/mol. The van der Waals surface area contributed by atoms with E-state index in [1.54, 1.807) is 24.3 Å². The van der Waals surface area contributed by atoms with E-state index >= 15 is 0 Å². The van der Waals surface area contributed by atoms with Gasteiger partial charge in [-0.25, -0.2) is 8.42 Å². The van der Waals surface area contributed by atoms with Crippen molar-refractivity contribution >= 4 is 42.1 Å². The second-order valence-electron chi connectivity index (χ2n) is 10.9. The van der Waals surface area contributed by atoms with Gasteiger partial charge in [-0.05, 0) is 36.4 Å². The van der Waals surface area contributed by atoms with Crippen molar-refractivity contribution in [1.29, 1.82) is 0 Å². The van der Waals surface area contributed by atoms with Crippen LogP contribution in [0, 0.1) is 0 Å². The van der Waals surface area contributed by atoms with Crippen LogP contribution in [0.1, 0.15) is 0 Å². The molecule has 2 unspecified atom stereocenters. The average molecular weight is 583 g/mol. The maximum absolute atomic E-state index is 13.2. The number of halogens is 1. The van der Waals surface area contributed by atoms with Crippen molar-refractivity contribution in [3.8, 4) is 0 Å². The molecule has 2 rings (SSSR count). The predicted octanol–water partition coefficient (Wildman–Crippen LogP) is 4.85. The van der Waals surface area contributed by atoms with Crippen molar-refractivity contribution in [2.24, 2.45) is 0 Å². The summed E-state index contributed by atoms with van der Waals surface area (Å²) in [6.45, 7) is 15.8. The molecular formula is C22H40BrNO6SSi2. The molecule has 1 aromatic rings. The highest BCUT2D eigenvalue weighted by molar-refractivity contribution is 9.10. The van der Waals surface area contributed by atoms with Gasteiger partial charge in [-0.1, -0.05) is 55.2 Å². The number of sulfonamides is 1. The van der Waals surface area contributed by atoms with Gasteiger partial charge in [0.05, 0.1) is 4.90 Å². The first-order valence-corrected chi connectivity index (χ1v) is 21.1. The molecule has 1 saturated heterocycles. The second kappa shape index (κ2) is 12.7. The Kier molecular flexibility index (Phi) is 11.2. The summed E-state index contributed by atoms with van der Waals surface area (Å²) in [5.41, 5.74) is 0. The Balaban J connectivity index is 1.96. The zero-order valence-electron chi connectivity index (χ0n) is 20.8. The topological polar surface area (TPSA) is 74.3 Å². The van der Waals surface area contributed by atoms with E-state index in [1.165, 1.54) is 4.31 Å². The van der Waals surface area contributed by atoms with Crippen LogP contribution in [-0.2, 0) is 29.0 Å². The number of nitrogens with zero attached hydrogens (tertiary/aromatic N) is 1. The van der Waals surface area contributed by atoms with Crippen LogP contribution in [0.2, 0.25) is 51.4 Å². The first kappa shape index (κ1) is 29.1. The van der Waals surface area contributed by atoms with Crippen LogP contribution in [-0.4, -0.2) is 81.0 Å². The molecule has 11 heteroatoms. The normalized spacial score (nSPS) is 20.5.